The normalized spacial score (nSPS) is 46.3. The van der Waals surface area contributed by atoms with E-state index in [2.05, 4.69) is 13.8 Å². The van der Waals surface area contributed by atoms with Crippen molar-refractivity contribution in [3.05, 3.63) is 10.6 Å². The molecular formula is C21H29ClO3. The molecule has 6 atom stereocenters. The van der Waals surface area contributed by atoms with Crippen molar-refractivity contribution >= 4 is 23.4 Å². The molecule has 3 nitrogen and oxygen atoms in total. The van der Waals surface area contributed by atoms with Gasteiger partial charge in [-0.25, -0.2) is 0 Å². The number of rotatable bonds is 1. The quantitative estimate of drug-likeness (QED) is 0.614. The first-order valence-corrected chi connectivity index (χ1v) is 10.2. The second kappa shape index (κ2) is 5.84. The summed E-state index contributed by atoms with van der Waals surface area (Å²) >= 11 is 6.45. The van der Waals surface area contributed by atoms with Crippen molar-refractivity contribution in [2.45, 2.75) is 78.2 Å². The van der Waals surface area contributed by atoms with Crippen LogP contribution in [-0.2, 0) is 14.3 Å². The largest absolute Gasteiger partial charge is 0.462 e. The summed E-state index contributed by atoms with van der Waals surface area (Å²) in [6.45, 7) is 6.23. The second-order valence-electron chi connectivity index (χ2n) is 9.27. The molecule has 0 aliphatic heterocycles. The lowest BCUT2D eigenvalue weighted by Gasteiger charge is -2.58. The monoisotopic (exact) mass is 364 g/mol. The van der Waals surface area contributed by atoms with Gasteiger partial charge in [0.1, 0.15) is 6.10 Å². The van der Waals surface area contributed by atoms with Gasteiger partial charge >= 0.3 is 5.97 Å². The molecule has 0 unspecified atom stereocenters. The van der Waals surface area contributed by atoms with Crippen LogP contribution in [0.25, 0.3) is 0 Å². The molecule has 0 aromatic carbocycles. The van der Waals surface area contributed by atoms with Gasteiger partial charge < -0.3 is 4.74 Å². The summed E-state index contributed by atoms with van der Waals surface area (Å²) in [5.41, 5.74) is 1.46. The highest BCUT2D eigenvalue weighted by Gasteiger charge is 2.60. The molecule has 0 spiro atoms. The molecule has 0 aromatic rings. The molecule has 25 heavy (non-hydrogen) atoms. The lowest BCUT2D eigenvalue weighted by molar-refractivity contribution is -0.157. The predicted octanol–water partition coefficient (Wildman–Crippen LogP) is 5.02. The van der Waals surface area contributed by atoms with E-state index < -0.39 is 0 Å². The Morgan fingerprint density at radius 3 is 2.56 bits per heavy atom. The maximum Gasteiger partial charge on any atom is 0.302 e. The molecule has 4 aliphatic rings. The Hall–Kier alpha value is -0.830. The summed E-state index contributed by atoms with van der Waals surface area (Å²) in [6.07, 6.45) is 8.17. The molecule has 0 saturated heterocycles. The van der Waals surface area contributed by atoms with Crippen LogP contribution < -0.4 is 0 Å². The molecule has 0 heterocycles. The van der Waals surface area contributed by atoms with Gasteiger partial charge in [-0.15, -0.1) is 0 Å². The highest BCUT2D eigenvalue weighted by atomic mass is 35.5. The molecule has 4 aliphatic carbocycles. The summed E-state index contributed by atoms with van der Waals surface area (Å²) in [5.74, 6) is 1.92. The highest BCUT2D eigenvalue weighted by Crippen LogP contribution is 2.66. The Kier molecular flexibility index (Phi) is 4.10. The number of carbonyl (C=O) groups excluding carboxylic acids is 2. The van der Waals surface area contributed by atoms with Crippen LogP contribution in [0.2, 0.25) is 0 Å². The highest BCUT2D eigenvalue weighted by molar-refractivity contribution is 6.43. The Morgan fingerprint density at radius 2 is 1.84 bits per heavy atom. The van der Waals surface area contributed by atoms with E-state index in [1.165, 1.54) is 12.5 Å². The zero-order valence-electron chi connectivity index (χ0n) is 15.6. The molecule has 0 radical (unpaired) electrons. The first kappa shape index (κ1) is 17.6. The third-order valence-corrected chi connectivity index (χ3v) is 8.71. The van der Waals surface area contributed by atoms with Gasteiger partial charge in [0.2, 0.25) is 0 Å². The zero-order chi connectivity index (χ0) is 18.0. The van der Waals surface area contributed by atoms with E-state index in [9.17, 15) is 9.59 Å². The smallest absolute Gasteiger partial charge is 0.302 e. The number of halogens is 1. The summed E-state index contributed by atoms with van der Waals surface area (Å²) < 4.78 is 5.71. The maximum atomic E-state index is 12.1. The van der Waals surface area contributed by atoms with E-state index in [4.69, 9.17) is 16.3 Å². The first-order chi connectivity index (χ1) is 11.8. The van der Waals surface area contributed by atoms with Crippen LogP contribution in [0.1, 0.15) is 72.1 Å². The van der Waals surface area contributed by atoms with Crippen molar-refractivity contribution in [3.63, 3.8) is 0 Å². The maximum absolute atomic E-state index is 12.1. The van der Waals surface area contributed by atoms with Crippen molar-refractivity contribution in [2.75, 3.05) is 0 Å². The van der Waals surface area contributed by atoms with E-state index in [1.54, 1.807) is 0 Å². The van der Waals surface area contributed by atoms with Crippen LogP contribution in [0, 0.1) is 28.6 Å². The predicted molar refractivity (Wildman–Crippen MR) is 97.1 cm³/mol. The SMILES string of the molecule is CC(=O)O[C@@H]1CC[C@@H]2[C@H]3CCC4=C(Cl)C(=O)CC[C@]4(C)[C@@H]3CC[C@@]21C. The number of hydrogen-bond acceptors (Lipinski definition) is 3. The fourth-order valence-electron chi connectivity index (χ4n) is 7.00. The Balaban J connectivity index is 1.65. The Bertz CT molecular complexity index is 654. The fraction of sp³-hybridized carbons (Fsp3) is 0.810. The van der Waals surface area contributed by atoms with E-state index in [0.29, 0.717) is 29.2 Å². The third kappa shape index (κ3) is 2.44. The van der Waals surface area contributed by atoms with Gasteiger partial charge in [-0.3, -0.25) is 9.59 Å². The number of ketones is 1. The number of esters is 1. The van der Waals surface area contributed by atoms with E-state index in [1.807, 2.05) is 0 Å². The summed E-state index contributed by atoms with van der Waals surface area (Å²) in [7, 11) is 0. The van der Waals surface area contributed by atoms with Crippen LogP contribution in [0.4, 0.5) is 0 Å². The molecule has 0 aromatic heterocycles. The number of fused-ring (bicyclic) bond motifs is 5. The number of Topliss-reactive ketones (excluding diaryl/α,β-unsaturated/α-hetero) is 1. The van der Waals surface area contributed by atoms with Gasteiger partial charge in [0, 0.05) is 18.8 Å². The number of allylic oxidation sites excluding steroid dienone is 1. The van der Waals surface area contributed by atoms with E-state index >= 15 is 0 Å². The average molecular weight is 365 g/mol. The lowest BCUT2D eigenvalue weighted by Crippen LogP contribution is -2.52. The minimum Gasteiger partial charge on any atom is -0.462 e. The third-order valence-electron chi connectivity index (χ3n) is 8.27. The number of hydrogen-bond donors (Lipinski definition) is 0. The number of carbonyl (C=O) groups is 2. The first-order valence-electron chi connectivity index (χ1n) is 9.87. The van der Waals surface area contributed by atoms with Crippen LogP contribution in [0.3, 0.4) is 0 Å². The van der Waals surface area contributed by atoms with Crippen LogP contribution in [0.15, 0.2) is 10.6 Å². The molecule has 4 rings (SSSR count). The summed E-state index contributed by atoms with van der Waals surface area (Å²) in [5, 5.41) is 0.546. The molecule has 3 fully saturated rings. The van der Waals surface area contributed by atoms with Gasteiger partial charge in [0.15, 0.2) is 5.78 Å². The van der Waals surface area contributed by atoms with Gasteiger partial charge in [0.25, 0.3) is 0 Å². The second-order valence-corrected chi connectivity index (χ2v) is 9.65. The standard InChI is InChI=1S/C21H29ClO3/c1-12(23)25-18-7-6-14-13-4-5-16-19(22)17(24)9-11-20(16,2)15(13)8-10-21(14,18)3/h13-15,18H,4-11H2,1-3H3/t13-,14-,15-,18-,20-,21+/m1/s1. The molecule has 0 N–H and O–H groups in total. The molecule has 138 valence electrons. The zero-order valence-corrected chi connectivity index (χ0v) is 16.3. The van der Waals surface area contributed by atoms with Crippen molar-refractivity contribution < 1.29 is 14.3 Å². The summed E-state index contributed by atoms with van der Waals surface area (Å²) in [6, 6.07) is 0. The molecule has 0 amide bonds. The van der Waals surface area contributed by atoms with E-state index in [0.717, 1.165) is 44.9 Å². The molecule has 4 heteroatoms. The number of ether oxygens (including phenoxy) is 1. The van der Waals surface area contributed by atoms with Crippen LogP contribution >= 0.6 is 11.6 Å². The van der Waals surface area contributed by atoms with Crippen molar-refractivity contribution in [2.24, 2.45) is 28.6 Å². The van der Waals surface area contributed by atoms with Gasteiger partial charge in [-0.1, -0.05) is 25.4 Å². The van der Waals surface area contributed by atoms with Crippen LogP contribution in [-0.4, -0.2) is 17.9 Å². The average Bonchev–Trinajstić information content (AvgIpc) is 2.88. The topological polar surface area (TPSA) is 43.4 Å². The fourth-order valence-corrected chi connectivity index (χ4v) is 7.40. The Labute approximate surface area is 155 Å². The molecule has 3 saturated carbocycles. The molecular weight excluding hydrogens is 336 g/mol. The minimum atomic E-state index is -0.146. The van der Waals surface area contributed by atoms with Gasteiger partial charge in [-0.2, -0.15) is 0 Å². The Morgan fingerprint density at radius 1 is 1.08 bits per heavy atom. The van der Waals surface area contributed by atoms with Gasteiger partial charge in [-0.05, 0) is 73.7 Å². The van der Waals surface area contributed by atoms with Crippen molar-refractivity contribution in [1.29, 1.82) is 0 Å². The van der Waals surface area contributed by atoms with Crippen molar-refractivity contribution in [3.8, 4) is 0 Å². The van der Waals surface area contributed by atoms with E-state index in [-0.39, 0.29) is 28.7 Å². The minimum absolute atomic E-state index is 0.0808. The molecule has 0 bridgehead atoms. The van der Waals surface area contributed by atoms with Gasteiger partial charge in [0.05, 0.1) is 5.03 Å². The van der Waals surface area contributed by atoms with Crippen molar-refractivity contribution in [1.82, 2.24) is 0 Å². The van der Waals surface area contributed by atoms with Crippen LogP contribution in [0.5, 0.6) is 0 Å². The summed E-state index contributed by atoms with van der Waals surface area (Å²) in [4.78, 5) is 23.6. The lowest BCUT2D eigenvalue weighted by atomic mass is 9.47.